The van der Waals surface area contributed by atoms with E-state index in [9.17, 15) is 9.18 Å². The summed E-state index contributed by atoms with van der Waals surface area (Å²) in [4.78, 5) is 14.1. The zero-order chi connectivity index (χ0) is 18.7. The Bertz CT molecular complexity index is 767. The highest BCUT2D eigenvalue weighted by atomic mass is 19.1. The van der Waals surface area contributed by atoms with E-state index in [0.29, 0.717) is 18.3 Å². The average Bonchev–Trinajstić information content (AvgIpc) is 2.98. The van der Waals surface area contributed by atoms with Crippen LogP contribution in [0.4, 0.5) is 4.39 Å². The summed E-state index contributed by atoms with van der Waals surface area (Å²) in [6, 6.07) is 6.87. The molecule has 1 aliphatic carbocycles. The number of hydrogen-bond acceptors (Lipinski definition) is 3. The first-order valence-electron chi connectivity index (χ1n) is 9.27. The van der Waals surface area contributed by atoms with Crippen molar-refractivity contribution >= 4 is 5.91 Å². The lowest BCUT2D eigenvalue weighted by atomic mass is 9.91. The van der Waals surface area contributed by atoms with E-state index in [4.69, 9.17) is 0 Å². The molecule has 1 atom stereocenters. The lowest BCUT2D eigenvalue weighted by molar-refractivity contribution is 0.0819. The number of carbonyl (C=O) groups is 1. The quantitative estimate of drug-likeness (QED) is 0.864. The summed E-state index contributed by atoms with van der Waals surface area (Å²) in [6.07, 6.45) is 3.73. The number of aromatic nitrogens is 2. The molecule has 0 saturated carbocycles. The smallest absolute Gasteiger partial charge is 0.274 e. The number of nitrogens with zero attached hydrogens (tertiary/aromatic N) is 3. The number of hydrogen-bond donors (Lipinski definition) is 1. The van der Waals surface area contributed by atoms with Gasteiger partial charge in [-0.2, -0.15) is 5.10 Å². The zero-order valence-electron chi connectivity index (χ0n) is 15.8. The zero-order valence-corrected chi connectivity index (χ0v) is 15.8. The highest BCUT2D eigenvalue weighted by Gasteiger charge is 2.29. The van der Waals surface area contributed by atoms with E-state index in [2.05, 4.69) is 17.3 Å². The Balaban J connectivity index is 1.75. The second-order valence-electron chi connectivity index (χ2n) is 7.14. The van der Waals surface area contributed by atoms with Crippen molar-refractivity contribution in [3.63, 3.8) is 0 Å². The van der Waals surface area contributed by atoms with Gasteiger partial charge in [0.1, 0.15) is 5.82 Å². The molecule has 0 fully saturated rings. The summed E-state index contributed by atoms with van der Waals surface area (Å²) >= 11 is 0. The van der Waals surface area contributed by atoms with E-state index >= 15 is 0 Å². The van der Waals surface area contributed by atoms with Gasteiger partial charge in [-0.1, -0.05) is 19.1 Å². The molecule has 1 N–H and O–H groups in total. The molecule has 0 radical (unpaired) electrons. The van der Waals surface area contributed by atoms with Crippen molar-refractivity contribution in [2.75, 3.05) is 14.1 Å². The van der Waals surface area contributed by atoms with Crippen LogP contribution in [0, 0.1) is 5.82 Å². The van der Waals surface area contributed by atoms with E-state index in [-0.39, 0.29) is 11.7 Å². The van der Waals surface area contributed by atoms with Gasteiger partial charge in [-0.25, -0.2) is 4.39 Å². The monoisotopic (exact) mass is 358 g/mol. The van der Waals surface area contributed by atoms with Gasteiger partial charge in [0, 0.05) is 44.5 Å². The summed E-state index contributed by atoms with van der Waals surface area (Å²) < 4.78 is 15.0. The second-order valence-corrected chi connectivity index (χ2v) is 7.14. The van der Waals surface area contributed by atoms with Crippen LogP contribution in [0.1, 0.15) is 47.1 Å². The maximum atomic E-state index is 13.0. The number of nitrogens with one attached hydrogen (secondary N) is 1. The Morgan fingerprint density at radius 3 is 2.73 bits per heavy atom. The largest absolute Gasteiger partial charge is 0.343 e. The maximum absolute atomic E-state index is 13.0. The van der Waals surface area contributed by atoms with Gasteiger partial charge in [-0.15, -0.1) is 0 Å². The van der Waals surface area contributed by atoms with Gasteiger partial charge in [-0.3, -0.25) is 9.48 Å². The van der Waals surface area contributed by atoms with Crippen molar-refractivity contribution in [2.45, 2.75) is 51.7 Å². The number of benzene rings is 1. The van der Waals surface area contributed by atoms with Crippen LogP contribution in [-0.4, -0.2) is 40.7 Å². The molecule has 5 nitrogen and oxygen atoms in total. The highest BCUT2D eigenvalue weighted by Crippen LogP contribution is 2.26. The molecule has 1 aliphatic rings. The minimum Gasteiger partial charge on any atom is -0.343 e. The molecule has 1 aromatic carbocycles. The summed E-state index contributed by atoms with van der Waals surface area (Å²) in [5.41, 5.74) is 3.94. The van der Waals surface area contributed by atoms with E-state index in [1.54, 1.807) is 31.1 Å². The van der Waals surface area contributed by atoms with Crippen LogP contribution in [0.15, 0.2) is 24.3 Å². The highest BCUT2D eigenvalue weighted by molar-refractivity contribution is 5.93. The van der Waals surface area contributed by atoms with Crippen molar-refractivity contribution < 1.29 is 9.18 Å². The SMILES string of the molecule is CCCn1nc(C(=O)N(C)C)c2c1CCC(NCc1ccc(F)cc1)C2. The fourth-order valence-corrected chi connectivity index (χ4v) is 3.51. The molecular weight excluding hydrogens is 331 g/mol. The van der Waals surface area contributed by atoms with E-state index in [0.717, 1.165) is 43.4 Å². The van der Waals surface area contributed by atoms with Crippen LogP contribution in [0.25, 0.3) is 0 Å². The molecule has 6 heteroatoms. The van der Waals surface area contributed by atoms with Crippen molar-refractivity contribution in [3.05, 3.63) is 52.6 Å². The summed E-state index contributed by atoms with van der Waals surface area (Å²) in [5, 5.41) is 8.17. The third-order valence-electron chi connectivity index (χ3n) is 4.90. The van der Waals surface area contributed by atoms with E-state index < -0.39 is 0 Å². The molecular formula is C20H27FN4O. The Hall–Kier alpha value is -2.21. The molecule has 0 saturated heterocycles. The van der Waals surface area contributed by atoms with Gasteiger partial charge in [0.25, 0.3) is 5.91 Å². The standard InChI is InChI=1S/C20H27FN4O/c1-4-11-25-18-10-9-16(22-13-14-5-7-15(21)8-6-14)12-17(18)19(23-25)20(26)24(2)3/h5-8,16,22H,4,9-13H2,1-3H3. The molecule has 1 heterocycles. The molecule has 2 aromatic rings. The van der Waals surface area contributed by atoms with Crippen LogP contribution in [-0.2, 0) is 25.9 Å². The first-order chi connectivity index (χ1) is 12.5. The third kappa shape index (κ3) is 3.96. The van der Waals surface area contributed by atoms with Gasteiger partial charge >= 0.3 is 0 Å². The molecule has 140 valence electrons. The maximum Gasteiger partial charge on any atom is 0.274 e. The van der Waals surface area contributed by atoms with Crippen LogP contribution in [0.3, 0.4) is 0 Å². The average molecular weight is 358 g/mol. The van der Waals surface area contributed by atoms with Crippen LogP contribution < -0.4 is 5.32 Å². The fraction of sp³-hybridized carbons (Fsp3) is 0.500. The minimum absolute atomic E-state index is 0.0321. The molecule has 0 bridgehead atoms. The fourth-order valence-electron chi connectivity index (χ4n) is 3.51. The van der Waals surface area contributed by atoms with Gasteiger partial charge in [-0.05, 0) is 43.4 Å². The Morgan fingerprint density at radius 1 is 1.35 bits per heavy atom. The number of fused-ring (bicyclic) bond motifs is 1. The Kier molecular flexibility index (Phi) is 5.71. The Labute approximate surface area is 154 Å². The number of aryl methyl sites for hydroxylation is 1. The Morgan fingerprint density at radius 2 is 2.08 bits per heavy atom. The first-order valence-corrected chi connectivity index (χ1v) is 9.27. The molecule has 26 heavy (non-hydrogen) atoms. The number of halogens is 1. The molecule has 1 amide bonds. The molecule has 3 rings (SSSR count). The van der Waals surface area contributed by atoms with Gasteiger partial charge in [0.15, 0.2) is 5.69 Å². The number of carbonyl (C=O) groups excluding carboxylic acids is 1. The molecule has 1 unspecified atom stereocenters. The molecule has 0 aliphatic heterocycles. The summed E-state index contributed by atoms with van der Waals surface area (Å²) in [7, 11) is 3.53. The number of amides is 1. The van der Waals surface area contributed by atoms with E-state index in [1.165, 1.54) is 17.8 Å². The van der Waals surface area contributed by atoms with E-state index in [1.807, 2.05) is 4.68 Å². The number of rotatable bonds is 6. The van der Waals surface area contributed by atoms with Gasteiger partial charge in [0.2, 0.25) is 0 Å². The molecule has 1 aromatic heterocycles. The summed E-state index contributed by atoms with van der Waals surface area (Å²) in [6.45, 7) is 3.66. The first kappa shape index (κ1) is 18.6. The van der Waals surface area contributed by atoms with Crippen molar-refractivity contribution in [1.29, 1.82) is 0 Å². The van der Waals surface area contributed by atoms with Crippen molar-refractivity contribution in [2.24, 2.45) is 0 Å². The topological polar surface area (TPSA) is 50.2 Å². The molecule has 0 spiro atoms. The van der Waals surface area contributed by atoms with Gasteiger partial charge in [0.05, 0.1) is 0 Å². The van der Waals surface area contributed by atoms with Crippen molar-refractivity contribution in [1.82, 2.24) is 20.0 Å². The second kappa shape index (κ2) is 7.99. The van der Waals surface area contributed by atoms with Crippen LogP contribution in [0.2, 0.25) is 0 Å². The predicted octanol–water partition coefficient (Wildman–Crippen LogP) is 2.78. The van der Waals surface area contributed by atoms with Crippen LogP contribution >= 0.6 is 0 Å². The van der Waals surface area contributed by atoms with Crippen molar-refractivity contribution in [3.8, 4) is 0 Å². The minimum atomic E-state index is -0.216. The summed E-state index contributed by atoms with van der Waals surface area (Å²) in [5.74, 6) is -0.249. The lowest BCUT2D eigenvalue weighted by Gasteiger charge is -2.25. The lowest BCUT2D eigenvalue weighted by Crippen LogP contribution is -2.35. The van der Waals surface area contributed by atoms with Gasteiger partial charge < -0.3 is 10.2 Å². The van der Waals surface area contributed by atoms with Crippen LogP contribution in [0.5, 0.6) is 0 Å². The normalized spacial score (nSPS) is 16.4. The third-order valence-corrected chi connectivity index (χ3v) is 4.90. The predicted molar refractivity (Wildman–Crippen MR) is 99.6 cm³/mol.